The van der Waals surface area contributed by atoms with Crippen molar-refractivity contribution in [2.24, 2.45) is 0 Å². The highest BCUT2D eigenvalue weighted by Gasteiger charge is 2.17. The highest BCUT2D eigenvalue weighted by atomic mass is 79.9. The first-order chi connectivity index (χ1) is 11.5. The number of halogens is 3. The minimum Gasteiger partial charge on any atom is -0.486 e. The summed E-state index contributed by atoms with van der Waals surface area (Å²) in [5.41, 5.74) is 0.908. The maximum absolute atomic E-state index is 12.3. The second kappa shape index (κ2) is 7.40. The highest BCUT2D eigenvalue weighted by molar-refractivity contribution is 9.10. The van der Waals surface area contributed by atoms with E-state index >= 15 is 0 Å². The van der Waals surface area contributed by atoms with Gasteiger partial charge in [-0.1, -0.05) is 11.8 Å². The van der Waals surface area contributed by atoms with Crippen molar-refractivity contribution in [3.8, 4) is 11.5 Å². The molecule has 126 valence electrons. The van der Waals surface area contributed by atoms with Gasteiger partial charge in [0.25, 0.3) is 11.7 Å². The number of hydrogen-bond acceptors (Lipinski definition) is 4. The van der Waals surface area contributed by atoms with Crippen LogP contribution >= 0.6 is 27.7 Å². The predicted molar refractivity (Wildman–Crippen MR) is 91.4 cm³/mol. The summed E-state index contributed by atoms with van der Waals surface area (Å²) in [5.74, 6) is -1.66. The molecule has 0 saturated carbocycles. The molecule has 2 aromatic carbocycles. The Hall–Kier alpha value is -1.80. The predicted octanol–water partition coefficient (Wildman–Crippen LogP) is 4.79. The molecule has 24 heavy (non-hydrogen) atoms. The SMILES string of the molecule is O=C(Nc1cc2c(cc1Br)OCCO2)c1ccc(SC(F)F)cc1. The Morgan fingerprint density at radius 1 is 1.12 bits per heavy atom. The second-order valence-electron chi connectivity index (χ2n) is 4.83. The molecule has 0 saturated heterocycles. The van der Waals surface area contributed by atoms with Crippen molar-refractivity contribution in [2.75, 3.05) is 18.5 Å². The minimum atomic E-state index is -2.49. The van der Waals surface area contributed by atoms with Gasteiger partial charge >= 0.3 is 0 Å². The van der Waals surface area contributed by atoms with Crippen LogP contribution < -0.4 is 14.8 Å². The van der Waals surface area contributed by atoms with Crippen molar-refractivity contribution in [3.05, 3.63) is 46.4 Å². The van der Waals surface area contributed by atoms with E-state index < -0.39 is 5.76 Å². The molecule has 0 spiro atoms. The van der Waals surface area contributed by atoms with Crippen molar-refractivity contribution < 1.29 is 23.0 Å². The Morgan fingerprint density at radius 3 is 2.38 bits per heavy atom. The molecule has 1 heterocycles. The van der Waals surface area contributed by atoms with E-state index in [0.29, 0.717) is 57.1 Å². The summed E-state index contributed by atoms with van der Waals surface area (Å²) in [4.78, 5) is 12.7. The first kappa shape index (κ1) is 17.0. The van der Waals surface area contributed by atoms with Gasteiger partial charge in [-0.05, 0) is 40.2 Å². The lowest BCUT2D eigenvalue weighted by Gasteiger charge is -2.20. The molecule has 4 nitrogen and oxygen atoms in total. The van der Waals surface area contributed by atoms with Gasteiger partial charge in [-0.15, -0.1) is 0 Å². The molecule has 2 aromatic rings. The van der Waals surface area contributed by atoms with E-state index in [1.807, 2.05) is 0 Å². The van der Waals surface area contributed by atoms with E-state index in [-0.39, 0.29) is 5.91 Å². The summed E-state index contributed by atoms with van der Waals surface area (Å²) in [7, 11) is 0. The molecule has 0 atom stereocenters. The molecule has 0 bridgehead atoms. The maximum Gasteiger partial charge on any atom is 0.288 e. The summed E-state index contributed by atoms with van der Waals surface area (Å²) >= 11 is 3.82. The molecule has 3 rings (SSSR count). The quantitative estimate of drug-likeness (QED) is 0.729. The normalized spacial score (nSPS) is 13.0. The fourth-order valence-corrected chi connectivity index (χ4v) is 3.06. The van der Waals surface area contributed by atoms with Crippen LogP contribution in [0.2, 0.25) is 0 Å². The number of benzene rings is 2. The summed E-state index contributed by atoms with van der Waals surface area (Å²) in [6.07, 6.45) is 0. The first-order valence-electron chi connectivity index (χ1n) is 6.98. The molecule has 8 heteroatoms. The Labute approximate surface area is 149 Å². The van der Waals surface area contributed by atoms with Gasteiger partial charge in [0.15, 0.2) is 11.5 Å². The summed E-state index contributed by atoms with van der Waals surface area (Å²) in [5, 5.41) is 2.76. The van der Waals surface area contributed by atoms with Crippen LogP contribution in [0.4, 0.5) is 14.5 Å². The molecule has 1 amide bonds. The molecule has 0 aliphatic carbocycles. The Morgan fingerprint density at radius 2 is 1.75 bits per heavy atom. The summed E-state index contributed by atoms with van der Waals surface area (Å²) in [6.45, 7) is 0.930. The van der Waals surface area contributed by atoms with Gasteiger partial charge in [0.1, 0.15) is 13.2 Å². The van der Waals surface area contributed by atoms with Gasteiger partial charge < -0.3 is 14.8 Å². The number of thioether (sulfide) groups is 1. The zero-order valence-electron chi connectivity index (χ0n) is 12.2. The van der Waals surface area contributed by atoms with E-state index in [4.69, 9.17) is 9.47 Å². The molecular formula is C16H12BrF2NO3S. The topological polar surface area (TPSA) is 47.6 Å². The standard InChI is InChI=1S/C16H12BrF2NO3S/c17-11-7-13-14(23-6-5-22-13)8-12(11)20-15(21)9-1-3-10(4-2-9)24-16(18)19/h1-4,7-8,16H,5-6H2,(H,20,21). The van der Waals surface area contributed by atoms with E-state index in [0.717, 1.165) is 0 Å². The van der Waals surface area contributed by atoms with Crippen LogP contribution in [0.3, 0.4) is 0 Å². The maximum atomic E-state index is 12.3. The van der Waals surface area contributed by atoms with E-state index in [9.17, 15) is 13.6 Å². The van der Waals surface area contributed by atoms with Crippen LogP contribution in [0.25, 0.3) is 0 Å². The first-order valence-corrected chi connectivity index (χ1v) is 8.65. The van der Waals surface area contributed by atoms with Gasteiger partial charge in [0, 0.05) is 27.1 Å². The Kier molecular flexibility index (Phi) is 5.25. The van der Waals surface area contributed by atoms with Gasteiger partial charge in [-0.2, -0.15) is 8.78 Å². The number of rotatable bonds is 4. The van der Waals surface area contributed by atoms with Crippen LogP contribution in [0.1, 0.15) is 10.4 Å². The molecule has 1 N–H and O–H groups in total. The van der Waals surface area contributed by atoms with E-state index in [2.05, 4.69) is 21.2 Å². The molecule has 1 aliphatic rings. The van der Waals surface area contributed by atoms with Gasteiger partial charge in [0.2, 0.25) is 0 Å². The van der Waals surface area contributed by atoms with Crippen molar-refractivity contribution in [3.63, 3.8) is 0 Å². The third kappa shape index (κ3) is 3.99. The highest BCUT2D eigenvalue weighted by Crippen LogP contribution is 2.38. The zero-order chi connectivity index (χ0) is 17.1. The summed E-state index contributed by atoms with van der Waals surface area (Å²) < 4.78 is 36.2. The third-order valence-corrected chi connectivity index (χ3v) is 4.60. The van der Waals surface area contributed by atoms with Gasteiger partial charge in [-0.3, -0.25) is 4.79 Å². The number of carbonyl (C=O) groups is 1. The van der Waals surface area contributed by atoms with Crippen molar-refractivity contribution in [1.82, 2.24) is 0 Å². The van der Waals surface area contributed by atoms with Crippen LogP contribution in [0.5, 0.6) is 11.5 Å². The number of anilines is 1. The number of amides is 1. The molecule has 0 fully saturated rings. The third-order valence-electron chi connectivity index (χ3n) is 3.22. The monoisotopic (exact) mass is 415 g/mol. The van der Waals surface area contributed by atoms with E-state index in [1.165, 1.54) is 24.3 Å². The average molecular weight is 416 g/mol. The van der Waals surface area contributed by atoms with Crippen molar-refractivity contribution in [1.29, 1.82) is 0 Å². The number of hydrogen-bond donors (Lipinski definition) is 1. The van der Waals surface area contributed by atoms with Crippen LogP contribution in [-0.4, -0.2) is 24.9 Å². The number of carbonyl (C=O) groups excluding carboxylic acids is 1. The lowest BCUT2D eigenvalue weighted by Crippen LogP contribution is -2.17. The number of ether oxygens (including phenoxy) is 2. The number of fused-ring (bicyclic) bond motifs is 1. The Balaban J connectivity index is 1.75. The molecular weight excluding hydrogens is 404 g/mol. The van der Waals surface area contributed by atoms with Crippen LogP contribution in [0.15, 0.2) is 45.8 Å². The van der Waals surface area contributed by atoms with E-state index in [1.54, 1.807) is 12.1 Å². The minimum absolute atomic E-state index is 0.346. The Bertz CT molecular complexity index is 756. The zero-order valence-corrected chi connectivity index (χ0v) is 14.6. The largest absolute Gasteiger partial charge is 0.486 e. The van der Waals surface area contributed by atoms with Gasteiger partial charge in [-0.25, -0.2) is 0 Å². The van der Waals surface area contributed by atoms with Crippen molar-refractivity contribution in [2.45, 2.75) is 10.7 Å². The van der Waals surface area contributed by atoms with Crippen LogP contribution in [0, 0.1) is 0 Å². The smallest absolute Gasteiger partial charge is 0.288 e. The number of alkyl halides is 2. The van der Waals surface area contributed by atoms with Crippen molar-refractivity contribution >= 4 is 39.3 Å². The molecule has 0 radical (unpaired) electrons. The van der Waals surface area contributed by atoms with Gasteiger partial charge in [0.05, 0.1) is 5.69 Å². The summed E-state index contributed by atoms with van der Waals surface area (Å²) in [6, 6.07) is 9.40. The average Bonchev–Trinajstić information content (AvgIpc) is 2.55. The lowest BCUT2D eigenvalue weighted by molar-refractivity contribution is 0.102. The fraction of sp³-hybridized carbons (Fsp3) is 0.188. The second-order valence-corrected chi connectivity index (χ2v) is 6.75. The lowest BCUT2D eigenvalue weighted by atomic mass is 10.2. The fourth-order valence-electron chi connectivity index (χ4n) is 2.14. The molecule has 0 aromatic heterocycles. The number of nitrogens with one attached hydrogen (secondary N) is 1. The molecule has 1 aliphatic heterocycles. The molecule has 0 unspecified atom stereocenters. The van der Waals surface area contributed by atoms with Crippen LogP contribution in [-0.2, 0) is 0 Å².